The molecule has 0 bridgehead atoms. The number of carbonyl (C=O) groups excluding carboxylic acids is 1. The maximum atomic E-state index is 12.3. The molecule has 0 saturated carbocycles. The van der Waals surface area contributed by atoms with E-state index in [-0.39, 0.29) is 18.6 Å². The number of aromatic nitrogens is 2. The lowest BCUT2D eigenvalue weighted by molar-refractivity contribution is -0.139. The van der Waals surface area contributed by atoms with Gasteiger partial charge in [0, 0.05) is 31.9 Å². The number of carbonyl (C=O) groups is 2. The van der Waals surface area contributed by atoms with Crippen molar-refractivity contribution in [1.82, 2.24) is 15.3 Å². The largest absolute Gasteiger partial charge is 0.480 e. The monoisotopic (exact) mass is 329 g/mol. The number of rotatable bonds is 7. The van der Waals surface area contributed by atoms with Crippen molar-refractivity contribution in [1.29, 1.82) is 0 Å². The minimum Gasteiger partial charge on any atom is -0.480 e. The highest BCUT2D eigenvalue weighted by Crippen LogP contribution is 2.15. The number of methoxy groups -OCH3 is 1. The summed E-state index contributed by atoms with van der Waals surface area (Å²) < 4.78 is 4.86. The molecule has 0 saturated heterocycles. The number of nitrogens with one attached hydrogen (secondary N) is 1. The number of carboxylic acids is 1. The van der Waals surface area contributed by atoms with Gasteiger partial charge in [0.05, 0.1) is 11.3 Å². The molecular formula is C17H19N3O4. The lowest BCUT2D eigenvalue weighted by Crippen LogP contribution is -2.41. The van der Waals surface area contributed by atoms with Gasteiger partial charge in [-0.25, -0.2) is 14.8 Å². The molecule has 0 spiro atoms. The number of hydrogen-bond acceptors (Lipinski definition) is 5. The van der Waals surface area contributed by atoms with E-state index < -0.39 is 17.9 Å². The molecule has 2 N–H and O–H groups in total. The van der Waals surface area contributed by atoms with Gasteiger partial charge >= 0.3 is 5.97 Å². The van der Waals surface area contributed by atoms with Crippen LogP contribution in [0.5, 0.6) is 0 Å². The highest BCUT2D eigenvalue weighted by atomic mass is 16.5. The molecule has 0 radical (unpaired) electrons. The fourth-order valence-electron chi connectivity index (χ4n) is 2.15. The Morgan fingerprint density at radius 3 is 2.58 bits per heavy atom. The van der Waals surface area contributed by atoms with E-state index in [1.54, 1.807) is 6.92 Å². The van der Waals surface area contributed by atoms with E-state index in [1.165, 1.54) is 13.3 Å². The number of hydrogen-bond donors (Lipinski definition) is 2. The van der Waals surface area contributed by atoms with Crippen molar-refractivity contribution < 1.29 is 19.4 Å². The van der Waals surface area contributed by atoms with E-state index in [0.29, 0.717) is 11.5 Å². The standard InChI is InChI=1S/C17H19N3O4/c1-11-13(16(21)20-14(17(22)23)8-9-24-2)10-18-15(19-11)12-6-4-3-5-7-12/h3-7,10,14H,8-9H2,1-2H3,(H,20,21)(H,22,23). The van der Waals surface area contributed by atoms with Crippen LogP contribution in [0, 0.1) is 6.92 Å². The van der Waals surface area contributed by atoms with Crippen molar-refractivity contribution in [2.75, 3.05) is 13.7 Å². The third-order valence-corrected chi connectivity index (χ3v) is 3.47. The molecule has 1 atom stereocenters. The van der Waals surface area contributed by atoms with Crippen LogP contribution in [-0.4, -0.2) is 46.7 Å². The number of carboxylic acid groups (broad SMARTS) is 1. The summed E-state index contributed by atoms with van der Waals surface area (Å²) in [5.41, 5.74) is 1.58. The fourth-order valence-corrected chi connectivity index (χ4v) is 2.15. The average Bonchev–Trinajstić information content (AvgIpc) is 2.58. The maximum Gasteiger partial charge on any atom is 0.326 e. The fraction of sp³-hybridized carbons (Fsp3) is 0.294. The molecular weight excluding hydrogens is 310 g/mol. The van der Waals surface area contributed by atoms with Gasteiger partial charge in [0.2, 0.25) is 0 Å². The van der Waals surface area contributed by atoms with E-state index in [9.17, 15) is 9.59 Å². The number of aliphatic carboxylic acids is 1. The quantitative estimate of drug-likeness (QED) is 0.801. The summed E-state index contributed by atoms with van der Waals surface area (Å²) >= 11 is 0. The van der Waals surface area contributed by atoms with E-state index in [0.717, 1.165) is 5.56 Å². The summed E-state index contributed by atoms with van der Waals surface area (Å²) in [7, 11) is 1.47. The van der Waals surface area contributed by atoms with Crippen LogP contribution in [0.3, 0.4) is 0 Å². The highest BCUT2D eigenvalue weighted by molar-refractivity contribution is 5.97. The first-order chi connectivity index (χ1) is 11.5. The van der Waals surface area contributed by atoms with E-state index in [2.05, 4.69) is 15.3 Å². The Hall–Kier alpha value is -2.80. The van der Waals surface area contributed by atoms with Gasteiger partial charge in [-0.15, -0.1) is 0 Å². The van der Waals surface area contributed by atoms with Crippen molar-refractivity contribution >= 4 is 11.9 Å². The second-order valence-electron chi connectivity index (χ2n) is 5.20. The number of benzene rings is 1. The van der Waals surface area contributed by atoms with Crippen molar-refractivity contribution in [2.45, 2.75) is 19.4 Å². The summed E-state index contributed by atoms with van der Waals surface area (Å²) in [6.07, 6.45) is 1.59. The predicted molar refractivity (Wildman–Crippen MR) is 87.6 cm³/mol. The van der Waals surface area contributed by atoms with E-state index >= 15 is 0 Å². The summed E-state index contributed by atoms with van der Waals surface area (Å²) in [6.45, 7) is 1.92. The van der Waals surface area contributed by atoms with Crippen LogP contribution in [0.2, 0.25) is 0 Å². The molecule has 126 valence electrons. The third kappa shape index (κ3) is 4.36. The Morgan fingerprint density at radius 2 is 2.00 bits per heavy atom. The van der Waals surface area contributed by atoms with E-state index in [4.69, 9.17) is 9.84 Å². The SMILES string of the molecule is COCCC(NC(=O)c1cnc(-c2ccccc2)nc1C)C(=O)O. The van der Waals surface area contributed by atoms with Gasteiger partial charge in [-0.3, -0.25) is 4.79 Å². The maximum absolute atomic E-state index is 12.3. The zero-order valence-electron chi connectivity index (χ0n) is 13.5. The zero-order chi connectivity index (χ0) is 17.5. The number of amides is 1. The number of ether oxygens (including phenoxy) is 1. The van der Waals surface area contributed by atoms with Crippen LogP contribution in [0.25, 0.3) is 11.4 Å². The summed E-state index contributed by atoms with van der Waals surface area (Å²) in [6, 6.07) is 8.37. The molecule has 2 rings (SSSR count). The minimum absolute atomic E-state index is 0.180. The summed E-state index contributed by atoms with van der Waals surface area (Å²) in [4.78, 5) is 32.0. The molecule has 0 aliphatic heterocycles. The van der Waals surface area contributed by atoms with Crippen LogP contribution in [0.4, 0.5) is 0 Å². The lowest BCUT2D eigenvalue weighted by atomic mass is 10.1. The smallest absolute Gasteiger partial charge is 0.326 e. The van der Waals surface area contributed by atoms with Crippen LogP contribution < -0.4 is 5.32 Å². The molecule has 2 aromatic rings. The first-order valence-electron chi connectivity index (χ1n) is 7.44. The van der Waals surface area contributed by atoms with Crippen LogP contribution in [-0.2, 0) is 9.53 Å². The molecule has 0 fully saturated rings. The van der Waals surface area contributed by atoms with Gasteiger partial charge in [0.15, 0.2) is 5.82 Å². The molecule has 1 unspecified atom stereocenters. The first-order valence-corrected chi connectivity index (χ1v) is 7.44. The molecule has 1 heterocycles. The van der Waals surface area contributed by atoms with Crippen LogP contribution in [0.1, 0.15) is 22.5 Å². The zero-order valence-corrected chi connectivity index (χ0v) is 13.5. The van der Waals surface area contributed by atoms with Gasteiger partial charge < -0.3 is 15.2 Å². The van der Waals surface area contributed by atoms with Crippen LogP contribution >= 0.6 is 0 Å². The Kier molecular flexibility index (Phi) is 5.97. The van der Waals surface area contributed by atoms with Crippen molar-refractivity contribution in [3.05, 3.63) is 47.8 Å². The molecule has 1 amide bonds. The van der Waals surface area contributed by atoms with Crippen molar-refractivity contribution in [3.63, 3.8) is 0 Å². The number of aryl methyl sites for hydroxylation is 1. The third-order valence-electron chi connectivity index (χ3n) is 3.47. The predicted octanol–water partition coefficient (Wildman–Crippen LogP) is 1.67. The summed E-state index contributed by atoms with van der Waals surface area (Å²) in [5, 5.41) is 11.6. The second-order valence-corrected chi connectivity index (χ2v) is 5.20. The lowest BCUT2D eigenvalue weighted by Gasteiger charge is -2.15. The van der Waals surface area contributed by atoms with Crippen LogP contribution in [0.15, 0.2) is 36.5 Å². The second kappa shape index (κ2) is 8.16. The van der Waals surface area contributed by atoms with Gasteiger partial charge in [0.25, 0.3) is 5.91 Å². The van der Waals surface area contributed by atoms with Crippen molar-refractivity contribution in [3.8, 4) is 11.4 Å². The Bertz CT molecular complexity index is 719. The molecule has 7 heteroatoms. The van der Waals surface area contributed by atoms with Gasteiger partial charge in [-0.2, -0.15) is 0 Å². The molecule has 24 heavy (non-hydrogen) atoms. The van der Waals surface area contributed by atoms with E-state index in [1.807, 2.05) is 30.3 Å². The summed E-state index contributed by atoms with van der Waals surface area (Å²) in [5.74, 6) is -1.12. The molecule has 1 aromatic heterocycles. The van der Waals surface area contributed by atoms with Crippen molar-refractivity contribution in [2.24, 2.45) is 0 Å². The van der Waals surface area contributed by atoms with Gasteiger partial charge in [-0.05, 0) is 6.92 Å². The number of nitrogens with zero attached hydrogens (tertiary/aromatic N) is 2. The highest BCUT2D eigenvalue weighted by Gasteiger charge is 2.22. The Morgan fingerprint density at radius 1 is 1.29 bits per heavy atom. The Labute approximate surface area is 139 Å². The topological polar surface area (TPSA) is 101 Å². The molecule has 1 aromatic carbocycles. The van der Waals surface area contributed by atoms with Gasteiger partial charge in [0.1, 0.15) is 6.04 Å². The average molecular weight is 329 g/mol. The normalized spacial score (nSPS) is 11.8. The molecule has 7 nitrogen and oxygen atoms in total. The molecule has 0 aliphatic carbocycles. The van der Waals surface area contributed by atoms with Gasteiger partial charge in [-0.1, -0.05) is 30.3 Å². The Balaban J connectivity index is 2.16. The minimum atomic E-state index is -1.11. The first kappa shape index (κ1) is 17.6. The molecule has 0 aliphatic rings.